The third-order valence-electron chi connectivity index (χ3n) is 2.87. The van der Waals surface area contributed by atoms with E-state index in [0.29, 0.717) is 6.54 Å². The predicted octanol–water partition coefficient (Wildman–Crippen LogP) is 2.48. The Balaban J connectivity index is 2.23. The van der Waals surface area contributed by atoms with E-state index in [1.165, 1.54) is 10.8 Å². The van der Waals surface area contributed by atoms with Crippen LogP contribution in [-0.2, 0) is 6.54 Å². The Morgan fingerprint density at radius 2 is 1.82 bits per heavy atom. The molecule has 0 saturated carbocycles. The zero-order valence-corrected chi connectivity index (χ0v) is 9.38. The van der Waals surface area contributed by atoms with Crippen LogP contribution in [0.3, 0.4) is 0 Å². The van der Waals surface area contributed by atoms with Crippen LogP contribution in [0.1, 0.15) is 5.69 Å². The maximum atomic E-state index is 5.58. The van der Waals surface area contributed by atoms with Crippen LogP contribution in [0.4, 0.5) is 0 Å². The molecule has 1 aromatic heterocycles. The van der Waals surface area contributed by atoms with E-state index in [-0.39, 0.29) is 0 Å². The van der Waals surface area contributed by atoms with Crippen LogP contribution in [0.2, 0.25) is 0 Å². The van der Waals surface area contributed by atoms with E-state index in [1.54, 1.807) is 0 Å². The SMILES string of the molecule is NCc1ccn(-c2cccc3ccccc23)n1. The van der Waals surface area contributed by atoms with Gasteiger partial charge in [0.1, 0.15) is 0 Å². The molecule has 0 radical (unpaired) electrons. The van der Waals surface area contributed by atoms with Crippen molar-refractivity contribution in [1.82, 2.24) is 9.78 Å². The molecule has 1 heterocycles. The molecule has 0 amide bonds. The molecule has 17 heavy (non-hydrogen) atoms. The highest BCUT2D eigenvalue weighted by atomic mass is 15.3. The quantitative estimate of drug-likeness (QED) is 0.725. The molecular weight excluding hydrogens is 210 g/mol. The van der Waals surface area contributed by atoms with Gasteiger partial charge in [0.05, 0.1) is 11.4 Å². The first-order valence-corrected chi connectivity index (χ1v) is 5.61. The summed E-state index contributed by atoms with van der Waals surface area (Å²) in [7, 11) is 0. The zero-order valence-electron chi connectivity index (χ0n) is 9.38. The van der Waals surface area contributed by atoms with Crippen LogP contribution in [0.15, 0.2) is 54.7 Å². The second-order valence-electron chi connectivity index (χ2n) is 3.95. The van der Waals surface area contributed by atoms with Gasteiger partial charge in [-0.3, -0.25) is 0 Å². The summed E-state index contributed by atoms with van der Waals surface area (Å²) in [6.45, 7) is 0.470. The first kappa shape index (κ1) is 10.1. The molecule has 84 valence electrons. The monoisotopic (exact) mass is 223 g/mol. The second-order valence-corrected chi connectivity index (χ2v) is 3.95. The van der Waals surface area contributed by atoms with Crippen LogP contribution >= 0.6 is 0 Å². The summed E-state index contributed by atoms with van der Waals surface area (Å²) < 4.78 is 1.88. The molecule has 0 bridgehead atoms. The van der Waals surface area contributed by atoms with Gasteiger partial charge in [-0.15, -0.1) is 0 Å². The molecule has 3 aromatic rings. The Morgan fingerprint density at radius 3 is 2.65 bits per heavy atom. The summed E-state index contributed by atoms with van der Waals surface area (Å²) in [5.74, 6) is 0. The summed E-state index contributed by atoms with van der Waals surface area (Å²) in [5, 5.41) is 6.85. The number of hydrogen-bond acceptors (Lipinski definition) is 2. The highest BCUT2D eigenvalue weighted by Gasteiger charge is 2.03. The van der Waals surface area contributed by atoms with Crippen LogP contribution < -0.4 is 5.73 Å². The highest BCUT2D eigenvalue weighted by molar-refractivity contribution is 5.89. The van der Waals surface area contributed by atoms with Gasteiger partial charge in [-0.1, -0.05) is 36.4 Å². The number of nitrogens with zero attached hydrogens (tertiary/aromatic N) is 2. The Bertz CT molecular complexity index is 650. The van der Waals surface area contributed by atoms with Crippen molar-refractivity contribution in [2.75, 3.05) is 0 Å². The standard InChI is InChI=1S/C14H13N3/c15-10-12-8-9-17(16-12)14-7-3-5-11-4-1-2-6-13(11)14/h1-9H,10,15H2. The van der Waals surface area contributed by atoms with E-state index in [2.05, 4.69) is 29.4 Å². The minimum Gasteiger partial charge on any atom is -0.325 e. The lowest BCUT2D eigenvalue weighted by Gasteiger charge is -2.06. The average Bonchev–Trinajstić information content (AvgIpc) is 2.87. The molecule has 0 unspecified atom stereocenters. The minimum atomic E-state index is 0.470. The summed E-state index contributed by atoms with van der Waals surface area (Å²) in [4.78, 5) is 0. The third kappa shape index (κ3) is 1.70. The van der Waals surface area contributed by atoms with Crippen LogP contribution in [-0.4, -0.2) is 9.78 Å². The van der Waals surface area contributed by atoms with E-state index in [4.69, 9.17) is 5.73 Å². The van der Waals surface area contributed by atoms with Crippen molar-refractivity contribution >= 4 is 10.8 Å². The van der Waals surface area contributed by atoms with E-state index in [9.17, 15) is 0 Å². The fourth-order valence-corrected chi connectivity index (χ4v) is 2.01. The molecule has 0 atom stereocenters. The Morgan fingerprint density at radius 1 is 1.00 bits per heavy atom. The Hall–Kier alpha value is -2.13. The minimum absolute atomic E-state index is 0.470. The molecule has 0 spiro atoms. The number of nitrogens with two attached hydrogens (primary N) is 1. The van der Waals surface area contributed by atoms with Gasteiger partial charge in [-0.2, -0.15) is 5.10 Å². The maximum absolute atomic E-state index is 5.58. The number of aromatic nitrogens is 2. The lowest BCUT2D eigenvalue weighted by atomic mass is 10.1. The fraction of sp³-hybridized carbons (Fsp3) is 0.0714. The van der Waals surface area contributed by atoms with Crippen molar-refractivity contribution < 1.29 is 0 Å². The van der Waals surface area contributed by atoms with Gasteiger partial charge in [-0.05, 0) is 17.5 Å². The Kier molecular flexibility index (Phi) is 2.38. The predicted molar refractivity (Wildman–Crippen MR) is 69.0 cm³/mol. The van der Waals surface area contributed by atoms with Gasteiger partial charge in [0.2, 0.25) is 0 Å². The largest absolute Gasteiger partial charge is 0.325 e. The number of benzene rings is 2. The highest BCUT2D eigenvalue weighted by Crippen LogP contribution is 2.21. The molecule has 3 rings (SSSR count). The van der Waals surface area contributed by atoms with Crippen LogP contribution in [0.5, 0.6) is 0 Å². The number of fused-ring (bicyclic) bond motifs is 1. The summed E-state index contributed by atoms with van der Waals surface area (Å²) in [5.41, 5.74) is 7.56. The topological polar surface area (TPSA) is 43.8 Å². The van der Waals surface area contributed by atoms with E-state index < -0.39 is 0 Å². The lowest BCUT2D eigenvalue weighted by Crippen LogP contribution is -2.00. The smallest absolute Gasteiger partial charge is 0.0764 e. The van der Waals surface area contributed by atoms with Crippen molar-refractivity contribution in [2.45, 2.75) is 6.54 Å². The molecule has 2 aromatic carbocycles. The first-order chi connectivity index (χ1) is 8.38. The zero-order chi connectivity index (χ0) is 11.7. The molecule has 3 nitrogen and oxygen atoms in total. The van der Waals surface area contributed by atoms with E-state index in [0.717, 1.165) is 11.4 Å². The van der Waals surface area contributed by atoms with Gasteiger partial charge in [0.25, 0.3) is 0 Å². The lowest BCUT2D eigenvalue weighted by molar-refractivity contribution is 0.838. The number of rotatable bonds is 2. The average molecular weight is 223 g/mol. The molecular formula is C14H13N3. The van der Waals surface area contributed by atoms with Crippen molar-refractivity contribution in [2.24, 2.45) is 5.73 Å². The van der Waals surface area contributed by atoms with E-state index in [1.807, 2.05) is 35.1 Å². The maximum Gasteiger partial charge on any atom is 0.0764 e. The Labute approximate surface area is 99.5 Å². The van der Waals surface area contributed by atoms with Gasteiger partial charge >= 0.3 is 0 Å². The van der Waals surface area contributed by atoms with Crippen molar-refractivity contribution in [3.8, 4) is 5.69 Å². The van der Waals surface area contributed by atoms with E-state index >= 15 is 0 Å². The van der Waals surface area contributed by atoms with Crippen molar-refractivity contribution in [3.63, 3.8) is 0 Å². The summed E-state index contributed by atoms with van der Waals surface area (Å²) in [6, 6.07) is 16.4. The number of hydrogen-bond donors (Lipinski definition) is 1. The first-order valence-electron chi connectivity index (χ1n) is 5.61. The molecule has 0 aliphatic rings. The van der Waals surface area contributed by atoms with Gasteiger partial charge in [-0.25, -0.2) is 4.68 Å². The molecule has 3 heteroatoms. The molecule has 0 aliphatic carbocycles. The molecule has 2 N–H and O–H groups in total. The normalized spacial score (nSPS) is 10.9. The van der Waals surface area contributed by atoms with Crippen LogP contribution in [0.25, 0.3) is 16.5 Å². The second kappa shape index (κ2) is 4.03. The van der Waals surface area contributed by atoms with Crippen molar-refractivity contribution in [3.05, 3.63) is 60.4 Å². The summed E-state index contributed by atoms with van der Waals surface area (Å²) in [6.07, 6.45) is 1.95. The fourth-order valence-electron chi connectivity index (χ4n) is 2.01. The molecule has 0 saturated heterocycles. The van der Waals surface area contributed by atoms with Gasteiger partial charge in [0.15, 0.2) is 0 Å². The van der Waals surface area contributed by atoms with Gasteiger partial charge < -0.3 is 5.73 Å². The summed E-state index contributed by atoms with van der Waals surface area (Å²) >= 11 is 0. The van der Waals surface area contributed by atoms with Gasteiger partial charge in [0, 0.05) is 18.1 Å². The third-order valence-corrected chi connectivity index (χ3v) is 2.87. The van der Waals surface area contributed by atoms with Crippen LogP contribution in [0, 0.1) is 0 Å². The van der Waals surface area contributed by atoms with Crippen molar-refractivity contribution in [1.29, 1.82) is 0 Å². The molecule has 0 fully saturated rings. The molecule has 0 aliphatic heterocycles.